The van der Waals surface area contributed by atoms with Crippen molar-refractivity contribution in [2.24, 2.45) is 22.7 Å². The van der Waals surface area contributed by atoms with Gasteiger partial charge in [-0.3, -0.25) is 19.2 Å². The van der Waals surface area contributed by atoms with E-state index in [-0.39, 0.29) is 36.8 Å². The van der Waals surface area contributed by atoms with Gasteiger partial charge in [-0.05, 0) is 47.5 Å². The molecule has 4 rings (SSSR count). The van der Waals surface area contributed by atoms with Gasteiger partial charge in [-0.15, -0.1) is 6.58 Å². The van der Waals surface area contributed by atoms with Crippen molar-refractivity contribution >= 4 is 35.5 Å². The zero-order chi connectivity index (χ0) is 36.9. The zero-order valence-corrected chi connectivity index (χ0v) is 30.4. The largest absolute Gasteiger partial charge is 0.459 e. The zero-order valence-electron chi connectivity index (χ0n) is 30.4. The number of esters is 1. The van der Waals surface area contributed by atoms with E-state index in [1.807, 2.05) is 58.0 Å². The Morgan fingerprint density at radius 2 is 1.68 bits per heavy atom. The molecule has 274 valence electrons. The first-order chi connectivity index (χ1) is 23.6. The Morgan fingerprint density at radius 1 is 1.02 bits per heavy atom. The Balaban J connectivity index is 1.51. The summed E-state index contributed by atoms with van der Waals surface area (Å²) in [5.41, 5.74) is -1.38. The Morgan fingerprint density at radius 3 is 2.28 bits per heavy atom. The molecule has 0 bridgehead atoms. The molecule has 12 heteroatoms. The van der Waals surface area contributed by atoms with Gasteiger partial charge in [0.1, 0.15) is 24.2 Å². The number of carbonyl (C=O) groups excluding carboxylic acids is 6. The standard InChI is InChI=1S/C38H55N5O7/c1-8-16-26(29(44)32(46)39-21-9-2)40-31(45)28-27-25(37(27,6)7)22-43(28)33(47)30(36(3,4)5)41-35(49)42-38(19-14-11-15-20-38)34(48)50-23-24-17-12-10-13-18-24/h9-10,12-13,17-18,25-28,30H,2,8,11,14-16,19-23H2,1,3-7H3,(H,39,46)(H,40,45)(H2,41,42,49)/t25-,26?,27-,28-,30+/m0/s1. The van der Waals surface area contributed by atoms with E-state index < -0.39 is 64.6 Å². The molecular formula is C38H55N5O7. The highest BCUT2D eigenvalue weighted by molar-refractivity contribution is 6.38. The number of Topliss-reactive ketones (excluding diaryl/α,β-unsaturated/α-hetero) is 1. The number of carbonyl (C=O) groups is 6. The Labute approximate surface area is 295 Å². The number of ketones is 1. The predicted octanol–water partition coefficient (Wildman–Crippen LogP) is 3.79. The highest BCUT2D eigenvalue weighted by atomic mass is 16.5. The third-order valence-electron chi connectivity index (χ3n) is 10.7. The number of hydrogen-bond donors (Lipinski definition) is 4. The van der Waals surface area contributed by atoms with Crippen LogP contribution in [0.5, 0.6) is 0 Å². The third kappa shape index (κ3) is 8.55. The number of rotatable bonds is 14. The van der Waals surface area contributed by atoms with E-state index in [0.29, 0.717) is 25.8 Å². The quantitative estimate of drug-likeness (QED) is 0.131. The van der Waals surface area contributed by atoms with Gasteiger partial charge in [0.25, 0.3) is 5.91 Å². The molecule has 0 spiro atoms. The Hall–Kier alpha value is -4.22. The van der Waals surface area contributed by atoms with E-state index in [1.165, 1.54) is 11.0 Å². The lowest BCUT2D eigenvalue weighted by Crippen LogP contribution is -2.64. The molecule has 50 heavy (non-hydrogen) atoms. The van der Waals surface area contributed by atoms with Gasteiger partial charge in [0.15, 0.2) is 0 Å². The van der Waals surface area contributed by atoms with Gasteiger partial charge in [-0.2, -0.15) is 0 Å². The van der Waals surface area contributed by atoms with Crippen LogP contribution in [0.2, 0.25) is 0 Å². The minimum atomic E-state index is -1.23. The monoisotopic (exact) mass is 693 g/mol. The van der Waals surface area contributed by atoms with Crippen LogP contribution in [-0.2, 0) is 35.3 Å². The first kappa shape index (κ1) is 38.6. The number of hydrogen-bond acceptors (Lipinski definition) is 7. The van der Waals surface area contributed by atoms with Crippen LogP contribution >= 0.6 is 0 Å². The summed E-state index contributed by atoms with van der Waals surface area (Å²) in [6.07, 6.45) is 5.50. The van der Waals surface area contributed by atoms with Crippen LogP contribution < -0.4 is 21.3 Å². The summed E-state index contributed by atoms with van der Waals surface area (Å²) in [6.45, 7) is 15.5. The number of nitrogens with one attached hydrogen (secondary N) is 4. The van der Waals surface area contributed by atoms with E-state index in [1.54, 1.807) is 0 Å². The highest BCUT2D eigenvalue weighted by Gasteiger charge is 2.70. The van der Waals surface area contributed by atoms with Crippen molar-refractivity contribution in [3.63, 3.8) is 0 Å². The molecule has 1 aromatic rings. The second-order valence-corrected chi connectivity index (χ2v) is 15.7. The van der Waals surface area contributed by atoms with Crippen LogP contribution in [0.3, 0.4) is 0 Å². The Kier molecular flexibility index (Phi) is 12.2. The maximum atomic E-state index is 14.4. The molecule has 1 unspecified atom stereocenters. The van der Waals surface area contributed by atoms with E-state index in [0.717, 1.165) is 24.8 Å². The smallest absolute Gasteiger partial charge is 0.332 e. The summed E-state index contributed by atoms with van der Waals surface area (Å²) >= 11 is 0. The topological polar surface area (TPSA) is 163 Å². The highest BCUT2D eigenvalue weighted by Crippen LogP contribution is 2.65. The summed E-state index contributed by atoms with van der Waals surface area (Å²) < 4.78 is 5.69. The van der Waals surface area contributed by atoms with Crippen molar-refractivity contribution in [2.75, 3.05) is 13.1 Å². The summed E-state index contributed by atoms with van der Waals surface area (Å²) in [4.78, 5) is 82.7. The maximum absolute atomic E-state index is 14.4. The van der Waals surface area contributed by atoms with E-state index >= 15 is 0 Å². The molecule has 0 aromatic heterocycles. The van der Waals surface area contributed by atoms with Crippen LogP contribution in [0, 0.1) is 22.7 Å². The Bertz CT molecular complexity index is 1450. The number of fused-ring (bicyclic) bond motifs is 1. The summed E-state index contributed by atoms with van der Waals surface area (Å²) in [7, 11) is 0. The lowest BCUT2D eigenvalue weighted by molar-refractivity contribution is -0.154. The fourth-order valence-corrected chi connectivity index (χ4v) is 7.63. The van der Waals surface area contributed by atoms with Crippen molar-refractivity contribution < 1.29 is 33.5 Å². The van der Waals surface area contributed by atoms with Crippen molar-refractivity contribution in [3.8, 4) is 0 Å². The summed E-state index contributed by atoms with van der Waals surface area (Å²) in [6, 6.07) is 5.68. The SMILES string of the molecule is C=CCNC(=O)C(=O)C(CCC)NC(=O)[C@@H]1[C@@H]2[C@H](CN1C(=O)[C@@H](NC(=O)NC1(C(=O)OCc3ccccc3)CCCCC1)C(C)(C)C)C2(C)C. The molecular weight excluding hydrogens is 638 g/mol. The summed E-state index contributed by atoms with van der Waals surface area (Å²) in [5, 5.41) is 11.0. The van der Waals surface area contributed by atoms with Crippen LogP contribution in [0.1, 0.15) is 92.1 Å². The minimum Gasteiger partial charge on any atom is -0.459 e. The molecule has 5 atom stereocenters. The average Bonchev–Trinajstić information content (AvgIpc) is 3.38. The number of benzene rings is 1. The van der Waals surface area contributed by atoms with Gasteiger partial charge in [-0.25, -0.2) is 9.59 Å². The van der Waals surface area contributed by atoms with Gasteiger partial charge in [0.2, 0.25) is 17.6 Å². The van der Waals surface area contributed by atoms with E-state index in [9.17, 15) is 28.8 Å². The molecule has 2 saturated carbocycles. The molecule has 3 fully saturated rings. The lowest BCUT2D eigenvalue weighted by Gasteiger charge is -2.39. The molecule has 0 radical (unpaired) electrons. The normalized spacial score (nSPS) is 22.9. The fraction of sp³-hybridized carbons (Fsp3) is 0.632. The number of amides is 5. The number of nitrogens with zero attached hydrogens (tertiary/aromatic N) is 1. The maximum Gasteiger partial charge on any atom is 0.332 e. The van der Waals surface area contributed by atoms with Gasteiger partial charge in [0, 0.05) is 13.1 Å². The van der Waals surface area contributed by atoms with Gasteiger partial charge < -0.3 is 30.9 Å². The summed E-state index contributed by atoms with van der Waals surface area (Å²) in [5.74, 6) is -3.11. The molecule has 3 aliphatic rings. The first-order valence-corrected chi connectivity index (χ1v) is 17.9. The van der Waals surface area contributed by atoms with Crippen LogP contribution in [0.25, 0.3) is 0 Å². The van der Waals surface area contributed by atoms with Crippen molar-refractivity contribution in [1.82, 2.24) is 26.2 Å². The van der Waals surface area contributed by atoms with Crippen LogP contribution in [0.4, 0.5) is 4.79 Å². The van der Waals surface area contributed by atoms with Gasteiger partial charge in [0.05, 0.1) is 6.04 Å². The van der Waals surface area contributed by atoms with E-state index in [4.69, 9.17) is 4.74 Å². The fourth-order valence-electron chi connectivity index (χ4n) is 7.63. The molecule has 1 saturated heterocycles. The molecule has 5 amide bonds. The van der Waals surface area contributed by atoms with Crippen molar-refractivity contribution in [1.29, 1.82) is 0 Å². The van der Waals surface area contributed by atoms with Crippen molar-refractivity contribution in [3.05, 3.63) is 48.6 Å². The van der Waals surface area contributed by atoms with Crippen molar-refractivity contribution in [2.45, 2.75) is 117 Å². The van der Waals surface area contributed by atoms with Gasteiger partial charge >= 0.3 is 12.0 Å². The number of likely N-dealkylation sites (tertiary alicyclic amines) is 1. The molecule has 1 heterocycles. The predicted molar refractivity (Wildman–Crippen MR) is 188 cm³/mol. The number of urea groups is 1. The second-order valence-electron chi connectivity index (χ2n) is 15.7. The molecule has 1 aromatic carbocycles. The first-order valence-electron chi connectivity index (χ1n) is 17.9. The molecule has 2 aliphatic carbocycles. The number of piperidine rings is 1. The lowest BCUT2D eigenvalue weighted by atomic mass is 9.81. The van der Waals surface area contributed by atoms with Crippen LogP contribution in [0.15, 0.2) is 43.0 Å². The van der Waals surface area contributed by atoms with Crippen LogP contribution in [-0.4, -0.2) is 77.2 Å². The van der Waals surface area contributed by atoms with Gasteiger partial charge in [-0.1, -0.05) is 104 Å². The molecule has 4 N–H and O–H groups in total. The third-order valence-corrected chi connectivity index (χ3v) is 10.7. The molecule has 1 aliphatic heterocycles. The van der Waals surface area contributed by atoms with E-state index in [2.05, 4.69) is 41.7 Å². The second kappa shape index (κ2) is 15.8. The number of ether oxygens (including phenoxy) is 1. The molecule has 12 nitrogen and oxygen atoms in total. The average molecular weight is 694 g/mol. The minimum absolute atomic E-state index is 0.0535.